The first-order valence-corrected chi connectivity index (χ1v) is 9.62. The van der Waals surface area contributed by atoms with Crippen molar-refractivity contribution in [2.24, 2.45) is 23.5 Å². The van der Waals surface area contributed by atoms with Gasteiger partial charge in [0.05, 0.1) is 26.6 Å². The monoisotopic (exact) mass is 427 g/mol. The summed E-state index contributed by atoms with van der Waals surface area (Å²) in [5, 5.41) is 4.93. The van der Waals surface area contributed by atoms with Gasteiger partial charge in [0.25, 0.3) is 0 Å². The fourth-order valence-corrected chi connectivity index (χ4v) is 4.21. The van der Waals surface area contributed by atoms with Gasteiger partial charge in [-0.25, -0.2) is 9.59 Å². The average Bonchev–Trinajstić information content (AvgIpc) is 3.25. The lowest BCUT2D eigenvalue weighted by molar-refractivity contribution is -0.153. The van der Waals surface area contributed by atoms with Crippen molar-refractivity contribution in [3.05, 3.63) is 0 Å². The number of nitrogens with two attached hydrogens (primary N) is 1. The van der Waals surface area contributed by atoms with Gasteiger partial charge in [-0.15, -0.1) is 0 Å². The van der Waals surface area contributed by atoms with Gasteiger partial charge >= 0.3 is 18.0 Å². The molecule has 0 unspecified atom stereocenters. The van der Waals surface area contributed by atoms with Gasteiger partial charge in [0, 0.05) is 5.92 Å². The van der Waals surface area contributed by atoms with Crippen molar-refractivity contribution < 1.29 is 38.2 Å². The SMILES string of the molecule is COC(=O)[C@H]1[C@@H]2CC[C@@](NC(=O)[C@H](CC(N)=O)NC(=O)OC(C)(C)C)(C(=O)OC)[C@@H]21. The number of carbonyl (C=O) groups excluding carboxylic acids is 5. The molecule has 0 aromatic carbocycles. The number of methoxy groups -OCH3 is 2. The third-order valence-corrected chi connectivity index (χ3v) is 5.39. The number of carbonyl (C=O) groups is 5. The van der Waals surface area contributed by atoms with E-state index in [0.717, 1.165) is 0 Å². The maximum Gasteiger partial charge on any atom is 0.408 e. The van der Waals surface area contributed by atoms with Crippen molar-refractivity contribution in [3.63, 3.8) is 0 Å². The van der Waals surface area contributed by atoms with Gasteiger partial charge in [0.1, 0.15) is 17.2 Å². The van der Waals surface area contributed by atoms with Gasteiger partial charge in [-0.1, -0.05) is 0 Å². The second-order valence-corrected chi connectivity index (χ2v) is 8.60. The van der Waals surface area contributed by atoms with Crippen LogP contribution < -0.4 is 16.4 Å². The Morgan fingerprint density at radius 1 is 1.13 bits per heavy atom. The molecule has 2 aliphatic rings. The van der Waals surface area contributed by atoms with Crippen molar-refractivity contribution in [1.29, 1.82) is 0 Å². The van der Waals surface area contributed by atoms with Crippen LogP contribution >= 0.6 is 0 Å². The minimum absolute atomic E-state index is 0.120. The van der Waals surface area contributed by atoms with Gasteiger partial charge in [0.2, 0.25) is 11.8 Å². The zero-order valence-corrected chi connectivity index (χ0v) is 17.8. The molecule has 3 amide bonds. The van der Waals surface area contributed by atoms with E-state index in [2.05, 4.69) is 10.6 Å². The summed E-state index contributed by atoms with van der Waals surface area (Å²) < 4.78 is 14.8. The molecule has 30 heavy (non-hydrogen) atoms. The lowest BCUT2D eigenvalue weighted by Gasteiger charge is -2.32. The molecule has 2 saturated carbocycles. The molecule has 0 aliphatic heterocycles. The second-order valence-electron chi connectivity index (χ2n) is 8.60. The number of amides is 3. The van der Waals surface area contributed by atoms with Crippen LogP contribution in [0.4, 0.5) is 4.79 Å². The minimum atomic E-state index is -1.46. The summed E-state index contributed by atoms with van der Waals surface area (Å²) in [4.78, 5) is 61.1. The first kappa shape index (κ1) is 23.4. The molecule has 5 atom stereocenters. The highest BCUT2D eigenvalue weighted by atomic mass is 16.6. The van der Waals surface area contributed by atoms with Crippen LogP contribution in [0.25, 0.3) is 0 Å². The van der Waals surface area contributed by atoms with E-state index >= 15 is 0 Å². The summed E-state index contributed by atoms with van der Waals surface area (Å²) in [5.41, 5.74) is 2.93. The second kappa shape index (κ2) is 8.49. The third-order valence-electron chi connectivity index (χ3n) is 5.39. The Balaban J connectivity index is 2.22. The summed E-state index contributed by atoms with van der Waals surface area (Å²) in [6.07, 6.45) is -0.653. The lowest BCUT2D eigenvalue weighted by atomic mass is 9.89. The topological polar surface area (TPSA) is 163 Å². The number of fused-ring (bicyclic) bond motifs is 1. The standard InChI is InChI=1S/C19H29N3O8/c1-18(2,3)30-17(27)21-10(8-11(20)23)14(24)22-19(16(26)29-5)7-6-9-12(13(9)19)15(25)28-4/h9-10,12-13H,6-8H2,1-5H3,(H2,20,23)(H,21,27)(H,22,24)/t9-,10-,12-,13-,19-/m0/s1. The highest BCUT2D eigenvalue weighted by molar-refractivity contribution is 5.96. The van der Waals surface area contributed by atoms with E-state index in [0.29, 0.717) is 6.42 Å². The molecule has 0 saturated heterocycles. The lowest BCUT2D eigenvalue weighted by Crippen LogP contribution is -2.61. The first-order chi connectivity index (χ1) is 13.9. The minimum Gasteiger partial charge on any atom is -0.469 e. The zero-order valence-electron chi connectivity index (χ0n) is 17.8. The average molecular weight is 427 g/mol. The predicted molar refractivity (Wildman–Crippen MR) is 102 cm³/mol. The number of alkyl carbamates (subject to hydrolysis) is 1. The molecule has 0 aromatic heterocycles. The summed E-state index contributed by atoms with van der Waals surface area (Å²) in [5.74, 6) is -3.95. The number of esters is 2. The van der Waals surface area contributed by atoms with Crippen LogP contribution in [0.1, 0.15) is 40.0 Å². The Morgan fingerprint density at radius 2 is 1.77 bits per heavy atom. The number of ether oxygens (including phenoxy) is 3. The van der Waals surface area contributed by atoms with Crippen molar-refractivity contribution in [1.82, 2.24) is 10.6 Å². The highest BCUT2D eigenvalue weighted by Crippen LogP contribution is 2.63. The first-order valence-electron chi connectivity index (χ1n) is 9.62. The predicted octanol–water partition coefficient (Wildman–Crippen LogP) is -0.388. The molecule has 0 heterocycles. The van der Waals surface area contributed by atoms with Crippen molar-refractivity contribution >= 4 is 29.8 Å². The molecule has 2 aliphatic carbocycles. The molecular weight excluding hydrogens is 398 g/mol. The Kier molecular flexibility index (Phi) is 6.63. The number of primary amides is 1. The van der Waals surface area contributed by atoms with Gasteiger partial charge < -0.3 is 30.6 Å². The zero-order chi connectivity index (χ0) is 22.9. The molecule has 11 heteroatoms. The van der Waals surface area contributed by atoms with Gasteiger partial charge in [-0.05, 0) is 39.5 Å². The summed E-state index contributed by atoms with van der Waals surface area (Å²) in [7, 11) is 2.43. The van der Waals surface area contributed by atoms with E-state index in [1.54, 1.807) is 20.8 Å². The normalized spacial score (nSPS) is 27.8. The number of rotatable bonds is 7. The van der Waals surface area contributed by atoms with E-state index in [-0.39, 0.29) is 12.3 Å². The van der Waals surface area contributed by atoms with Gasteiger partial charge in [-0.2, -0.15) is 0 Å². The molecule has 0 aromatic rings. The van der Waals surface area contributed by atoms with Crippen LogP contribution in [0.2, 0.25) is 0 Å². The number of hydrogen-bond donors (Lipinski definition) is 3. The summed E-state index contributed by atoms with van der Waals surface area (Å²) in [6.45, 7) is 4.92. The molecule has 11 nitrogen and oxygen atoms in total. The maximum absolute atomic E-state index is 13.0. The van der Waals surface area contributed by atoms with E-state index in [1.807, 2.05) is 0 Å². The molecule has 0 bridgehead atoms. The Morgan fingerprint density at radius 3 is 2.27 bits per heavy atom. The van der Waals surface area contributed by atoms with Crippen molar-refractivity contribution in [2.75, 3.05) is 14.2 Å². The van der Waals surface area contributed by atoms with Crippen LogP contribution in [0.3, 0.4) is 0 Å². The van der Waals surface area contributed by atoms with Gasteiger partial charge in [0.15, 0.2) is 0 Å². The third kappa shape index (κ3) is 4.82. The number of nitrogens with one attached hydrogen (secondary N) is 2. The smallest absolute Gasteiger partial charge is 0.408 e. The maximum atomic E-state index is 13.0. The van der Waals surface area contributed by atoms with Crippen LogP contribution in [0, 0.1) is 17.8 Å². The van der Waals surface area contributed by atoms with Crippen molar-refractivity contribution in [2.45, 2.75) is 57.2 Å². The molecule has 4 N–H and O–H groups in total. The van der Waals surface area contributed by atoms with E-state index in [1.165, 1.54) is 14.2 Å². The van der Waals surface area contributed by atoms with E-state index in [4.69, 9.17) is 19.9 Å². The Bertz CT molecular complexity index is 747. The van der Waals surface area contributed by atoms with Crippen molar-refractivity contribution in [3.8, 4) is 0 Å². The largest absolute Gasteiger partial charge is 0.469 e. The molecule has 2 fully saturated rings. The molecule has 2 rings (SSSR count). The molecular formula is C19H29N3O8. The molecule has 0 spiro atoms. The number of hydrogen-bond acceptors (Lipinski definition) is 8. The summed E-state index contributed by atoms with van der Waals surface area (Å²) in [6, 6.07) is -1.37. The van der Waals surface area contributed by atoms with Crippen LogP contribution in [-0.2, 0) is 33.4 Å². The van der Waals surface area contributed by atoms with E-state index < -0.39 is 65.3 Å². The van der Waals surface area contributed by atoms with E-state index in [9.17, 15) is 24.0 Å². The highest BCUT2D eigenvalue weighted by Gasteiger charge is 2.72. The van der Waals surface area contributed by atoms with Crippen LogP contribution in [0.15, 0.2) is 0 Å². The molecule has 168 valence electrons. The van der Waals surface area contributed by atoms with Crippen LogP contribution in [0.5, 0.6) is 0 Å². The van der Waals surface area contributed by atoms with Gasteiger partial charge in [-0.3, -0.25) is 14.4 Å². The quantitative estimate of drug-likeness (QED) is 0.365. The summed E-state index contributed by atoms with van der Waals surface area (Å²) >= 11 is 0. The Labute approximate surface area is 174 Å². The Hall–Kier alpha value is -2.85. The molecule has 0 radical (unpaired) electrons. The fraction of sp³-hybridized carbons (Fsp3) is 0.737. The fourth-order valence-electron chi connectivity index (χ4n) is 4.21. The van der Waals surface area contributed by atoms with Crippen LogP contribution in [-0.4, -0.2) is 61.2 Å².